The van der Waals surface area contributed by atoms with Gasteiger partial charge in [-0.3, -0.25) is 0 Å². The standard InChI is InChI=1S/C29H60O3Si4.C21H44O3Si4.4CH4/c1-11-12-13-14-15-16-17-18-19-23-26-35(9,30-33(3,4)5)32-36(10,31-34(6,7)8)27-28(2)29-24-21-20-22-25-29;1-25(2,3)22-27(7,8)24-28(9,23-26(4,5)6)20-16-11-10-13-17-21-18-14-12-15-19-21;;;;/h20-22,24-25,28H,11-19,23,26-27H2,1-10H3;12,14-15,18-19H,10-11,13,16-17,20H2,1-9H3;4*1H4. The van der Waals surface area contributed by atoms with Crippen molar-refractivity contribution in [2.45, 2.75) is 275 Å². The third-order valence-corrected chi connectivity index (χ3v) is 38.7. The topological polar surface area (TPSA) is 55.4 Å². The molecule has 2 aromatic carbocycles. The highest BCUT2D eigenvalue weighted by Crippen LogP contribution is 2.35. The molecule has 2 rings (SSSR count). The molecule has 0 aliphatic heterocycles. The average molecular weight is 1090 g/mol. The number of benzene rings is 2. The molecular formula is C54H120O6Si8. The number of aryl methyl sites for hydroxylation is 1. The Kier molecular flexibility index (Phi) is 38.5. The van der Waals surface area contributed by atoms with E-state index in [1.54, 1.807) is 0 Å². The molecule has 0 amide bonds. The highest BCUT2D eigenvalue weighted by molar-refractivity contribution is 6.90. The van der Waals surface area contributed by atoms with Crippen molar-refractivity contribution in [1.29, 1.82) is 0 Å². The highest BCUT2D eigenvalue weighted by Gasteiger charge is 2.48. The van der Waals surface area contributed by atoms with Gasteiger partial charge in [-0.25, -0.2) is 0 Å². The van der Waals surface area contributed by atoms with Gasteiger partial charge >= 0.3 is 34.2 Å². The van der Waals surface area contributed by atoms with Gasteiger partial charge in [-0.15, -0.1) is 0 Å². The van der Waals surface area contributed by atoms with Gasteiger partial charge in [-0.05, 0) is 159 Å². The maximum atomic E-state index is 7.26. The zero-order valence-electron chi connectivity index (χ0n) is 45.5. The third-order valence-electron chi connectivity index (χ3n) is 10.7. The summed E-state index contributed by atoms with van der Waals surface area (Å²) in [7, 11) is -16.0. The second-order valence-electron chi connectivity index (χ2n) is 23.7. The lowest BCUT2D eigenvalue weighted by atomic mass is 10.0. The molecule has 0 aromatic heterocycles. The first-order valence-corrected chi connectivity index (χ1v) is 49.7. The Morgan fingerprint density at radius 3 is 1.10 bits per heavy atom. The summed E-state index contributed by atoms with van der Waals surface area (Å²) in [6.45, 7) is 43.3. The summed E-state index contributed by atoms with van der Waals surface area (Å²) in [5.74, 6) is 0.418. The van der Waals surface area contributed by atoms with Gasteiger partial charge < -0.3 is 24.7 Å². The molecular weight excluding hydrogens is 969 g/mol. The Hall–Kier alpha value is -0.0649. The average Bonchev–Trinajstić information content (AvgIpc) is 3.11. The molecule has 4 atom stereocenters. The molecule has 2 aromatic rings. The number of rotatable bonds is 33. The van der Waals surface area contributed by atoms with E-state index in [0.29, 0.717) is 5.92 Å². The Bertz CT molecular complexity index is 1500. The van der Waals surface area contributed by atoms with Crippen LogP contribution in [-0.2, 0) is 31.1 Å². The van der Waals surface area contributed by atoms with Gasteiger partial charge in [-0.2, -0.15) is 0 Å². The summed E-state index contributed by atoms with van der Waals surface area (Å²) in [6, 6.07) is 24.8. The minimum atomic E-state index is -2.44. The van der Waals surface area contributed by atoms with Crippen LogP contribution in [0.1, 0.15) is 150 Å². The maximum absolute atomic E-state index is 7.26. The normalized spacial score (nSPS) is 15.3. The summed E-state index contributed by atoms with van der Waals surface area (Å²) in [5.41, 5.74) is 2.83. The molecule has 0 aliphatic carbocycles. The second kappa shape index (κ2) is 35.2. The molecule has 0 heterocycles. The van der Waals surface area contributed by atoms with E-state index in [4.69, 9.17) is 24.7 Å². The predicted octanol–water partition coefficient (Wildman–Crippen LogP) is 20.4. The van der Waals surface area contributed by atoms with Crippen molar-refractivity contribution in [1.82, 2.24) is 0 Å². The fourth-order valence-electron chi connectivity index (χ4n) is 9.19. The van der Waals surface area contributed by atoms with Gasteiger partial charge in [0.2, 0.25) is 0 Å². The van der Waals surface area contributed by atoms with Crippen molar-refractivity contribution in [2.24, 2.45) is 0 Å². The zero-order valence-corrected chi connectivity index (χ0v) is 53.5. The van der Waals surface area contributed by atoms with Gasteiger partial charge in [0.1, 0.15) is 0 Å². The fraction of sp³-hybridized carbons (Fsp3) is 0.778. The first kappa shape index (κ1) is 74.5. The molecule has 0 aliphatic rings. The SMILES string of the molecule is C.C.C.C.CCCCCCCCCCCC[Si](C)(O[Si](C)(C)C)O[Si](C)(CC(C)c1ccccc1)O[Si](C)(C)C.C[Si](C)(C)O[Si](C)(C)O[Si](C)(CCCCCCc1ccccc1)O[Si](C)(C)C. The Labute approximate surface area is 436 Å². The molecule has 0 bridgehead atoms. The summed E-state index contributed by atoms with van der Waals surface area (Å²) in [4.78, 5) is 0. The van der Waals surface area contributed by atoms with Gasteiger partial charge in [0.15, 0.2) is 33.3 Å². The molecule has 6 nitrogen and oxygen atoms in total. The van der Waals surface area contributed by atoms with E-state index in [2.05, 4.69) is 186 Å². The van der Waals surface area contributed by atoms with Crippen LogP contribution < -0.4 is 0 Å². The van der Waals surface area contributed by atoms with Crippen LogP contribution in [0.5, 0.6) is 0 Å². The van der Waals surface area contributed by atoms with Crippen molar-refractivity contribution < 1.29 is 24.7 Å². The lowest BCUT2D eigenvalue weighted by Crippen LogP contribution is -2.58. The molecule has 0 saturated carbocycles. The van der Waals surface area contributed by atoms with Crippen LogP contribution in [0.25, 0.3) is 0 Å². The van der Waals surface area contributed by atoms with Crippen molar-refractivity contribution in [3.63, 3.8) is 0 Å². The second-order valence-corrected chi connectivity index (χ2v) is 56.5. The van der Waals surface area contributed by atoms with Crippen molar-refractivity contribution >= 4 is 67.5 Å². The van der Waals surface area contributed by atoms with Crippen molar-refractivity contribution in [3.05, 3.63) is 71.8 Å². The van der Waals surface area contributed by atoms with E-state index in [-0.39, 0.29) is 29.7 Å². The van der Waals surface area contributed by atoms with E-state index in [0.717, 1.165) is 18.1 Å². The Morgan fingerprint density at radius 1 is 0.368 bits per heavy atom. The summed E-state index contributed by atoms with van der Waals surface area (Å²) >= 11 is 0. The molecule has 14 heteroatoms. The summed E-state index contributed by atoms with van der Waals surface area (Å²) in [6.07, 6.45) is 19.8. The number of hydrogen-bond acceptors (Lipinski definition) is 6. The minimum absolute atomic E-state index is 0. The lowest BCUT2D eigenvalue weighted by molar-refractivity contribution is 0.312. The molecule has 0 N–H and O–H groups in total. The van der Waals surface area contributed by atoms with Gasteiger partial charge in [0.25, 0.3) is 0 Å². The van der Waals surface area contributed by atoms with Crippen LogP contribution in [0.4, 0.5) is 0 Å². The van der Waals surface area contributed by atoms with E-state index < -0.39 is 67.5 Å². The van der Waals surface area contributed by atoms with E-state index in [1.165, 1.54) is 107 Å². The van der Waals surface area contributed by atoms with Gasteiger partial charge in [0, 0.05) is 0 Å². The largest absolute Gasteiger partial charge is 0.437 e. The molecule has 4 unspecified atom stereocenters. The molecule has 0 fully saturated rings. The Morgan fingerprint density at radius 2 is 0.706 bits per heavy atom. The van der Waals surface area contributed by atoms with Gasteiger partial charge in [0.05, 0.1) is 0 Å². The van der Waals surface area contributed by atoms with Crippen LogP contribution in [-0.4, -0.2) is 67.5 Å². The summed E-state index contributed by atoms with van der Waals surface area (Å²) < 4.78 is 41.0. The smallest absolute Gasteiger partial charge is 0.316 e. The molecule has 0 radical (unpaired) electrons. The molecule has 404 valence electrons. The minimum Gasteiger partial charge on any atom is -0.437 e. The maximum Gasteiger partial charge on any atom is 0.316 e. The quantitative estimate of drug-likeness (QED) is 0.0524. The van der Waals surface area contributed by atoms with E-state index in [1.807, 2.05) is 0 Å². The first-order valence-electron chi connectivity index (χ1n) is 25.7. The first-order chi connectivity index (χ1) is 29.4. The summed E-state index contributed by atoms with van der Waals surface area (Å²) in [5, 5.41) is 0. The van der Waals surface area contributed by atoms with Crippen molar-refractivity contribution in [2.75, 3.05) is 0 Å². The van der Waals surface area contributed by atoms with Crippen LogP contribution in [0, 0.1) is 0 Å². The number of hydrogen-bond donors (Lipinski definition) is 0. The molecule has 0 saturated heterocycles. The van der Waals surface area contributed by atoms with E-state index in [9.17, 15) is 0 Å². The monoisotopic (exact) mass is 1090 g/mol. The van der Waals surface area contributed by atoms with Gasteiger partial charge in [-0.1, -0.05) is 188 Å². The van der Waals surface area contributed by atoms with E-state index >= 15 is 0 Å². The molecule has 0 spiro atoms. The highest BCUT2D eigenvalue weighted by atomic mass is 28.5. The van der Waals surface area contributed by atoms with Crippen LogP contribution in [0.3, 0.4) is 0 Å². The lowest BCUT2D eigenvalue weighted by Gasteiger charge is -2.43. The fourth-order valence-corrected chi connectivity index (χ4v) is 46.0. The zero-order chi connectivity index (χ0) is 48.8. The van der Waals surface area contributed by atoms with Crippen LogP contribution >= 0.6 is 0 Å². The Balaban J connectivity index is -0.000000584. The molecule has 68 heavy (non-hydrogen) atoms. The predicted molar refractivity (Wildman–Crippen MR) is 329 cm³/mol. The van der Waals surface area contributed by atoms with Crippen LogP contribution in [0.2, 0.25) is 129 Å². The third kappa shape index (κ3) is 39.5. The van der Waals surface area contributed by atoms with Crippen molar-refractivity contribution in [3.8, 4) is 0 Å². The van der Waals surface area contributed by atoms with Crippen LogP contribution in [0.15, 0.2) is 60.7 Å². The number of unbranched alkanes of at least 4 members (excludes halogenated alkanes) is 12.